The van der Waals surface area contributed by atoms with E-state index < -0.39 is 0 Å². The Bertz CT molecular complexity index is 632. The summed E-state index contributed by atoms with van der Waals surface area (Å²) in [5.41, 5.74) is 0. The number of halogens is 1. The molecule has 2 aromatic rings. The Kier molecular flexibility index (Phi) is 8.34. The van der Waals surface area contributed by atoms with Gasteiger partial charge in [0, 0.05) is 26.3 Å². The van der Waals surface area contributed by atoms with Crippen molar-refractivity contribution in [3.8, 4) is 5.75 Å². The molecule has 0 saturated carbocycles. The molecule has 0 spiro atoms. The second kappa shape index (κ2) is 11.1. The summed E-state index contributed by atoms with van der Waals surface area (Å²) in [4.78, 5) is 4.13. The van der Waals surface area contributed by atoms with E-state index in [-0.39, 0.29) is 5.82 Å². The van der Waals surface area contributed by atoms with E-state index in [4.69, 9.17) is 13.9 Å². The summed E-state index contributed by atoms with van der Waals surface area (Å²) in [6, 6.07) is 9.81. The lowest BCUT2D eigenvalue weighted by molar-refractivity contribution is 0.105. The average molecular weight is 349 g/mol. The molecular formula is C18H24FN3O3. The Morgan fingerprint density at radius 2 is 2.04 bits per heavy atom. The lowest BCUT2D eigenvalue weighted by atomic mass is 10.3. The van der Waals surface area contributed by atoms with Crippen LogP contribution in [0, 0.1) is 5.82 Å². The number of aliphatic imine (C=N–C) groups is 1. The third-order valence-corrected chi connectivity index (χ3v) is 3.27. The number of furan rings is 1. The second-order valence-corrected chi connectivity index (χ2v) is 5.22. The fourth-order valence-electron chi connectivity index (χ4n) is 2.06. The molecule has 0 bridgehead atoms. The van der Waals surface area contributed by atoms with E-state index in [0.717, 1.165) is 18.7 Å². The van der Waals surface area contributed by atoms with Crippen molar-refractivity contribution in [3.05, 3.63) is 54.2 Å². The number of ether oxygens (including phenoxy) is 2. The van der Waals surface area contributed by atoms with Crippen LogP contribution in [0.1, 0.15) is 12.2 Å². The van der Waals surface area contributed by atoms with Crippen molar-refractivity contribution in [2.75, 3.05) is 33.4 Å². The number of nitrogens with one attached hydrogen (secondary N) is 2. The molecule has 0 fully saturated rings. The van der Waals surface area contributed by atoms with Gasteiger partial charge in [-0.1, -0.05) is 6.07 Å². The maximum absolute atomic E-state index is 13.0. The SMILES string of the molecule is CN=C(NCCCOCc1ccco1)NCCOc1cccc(F)c1. The van der Waals surface area contributed by atoms with Gasteiger partial charge in [-0.3, -0.25) is 4.99 Å². The first kappa shape index (κ1) is 18.8. The molecule has 0 aliphatic carbocycles. The van der Waals surface area contributed by atoms with Crippen LogP contribution in [0.4, 0.5) is 4.39 Å². The summed E-state index contributed by atoms with van der Waals surface area (Å²) in [7, 11) is 1.70. The normalized spacial score (nSPS) is 11.4. The highest BCUT2D eigenvalue weighted by molar-refractivity contribution is 5.79. The smallest absolute Gasteiger partial charge is 0.191 e. The van der Waals surface area contributed by atoms with Gasteiger partial charge in [0.1, 0.15) is 30.5 Å². The molecule has 0 aliphatic heterocycles. The summed E-state index contributed by atoms with van der Waals surface area (Å²) in [6.45, 7) is 2.83. The van der Waals surface area contributed by atoms with Crippen LogP contribution in [0.15, 0.2) is 52.1 Å². The third kappa shape index (κ3) is 7.71. The van der Waals surface area contributed by atoms with E-state index in [1.165, 1.54) is 12.1 Å². The fraction of sp³-hybridized carbons (Fsp3) is 0.389. The first-order valence-electron chi connectivity index (χ1n) is 8.21. The van der Waals surface area contributed by atoms with Crippen molar-refractivity contribution in [2.45, 2.75) is 13.0 Å². The highest BCUT2D eigenvalue weighted by Crippen LogP contribution is 2.11. The molecule has 136 valence electrons. The summed E-state index contributed by atoms with van der Waals surface area (Å²) in [5.74, 6) is 1.72. The Morgan fingerprint density at radius 1 is 1.16 bits per heavy atom. The van der Waals surface area contributed by atoms with Crippen molar-refractivity contribution in [1.82, 2.24) is 10.6 Å². The van der Waals surface area contributed by atoms with E-state index >= 15 is 0 Å². The molecule has 2 N–H and O–H groups in total. The lowest BCUT2D eigenvalue weighted by Crippen LogP contribution is -2.39. The van der Waals surface area contributed by atoms with Crippen LogP contribution in [0.2, 0.25) is 0 Å². The first-order valence-corrected chi connectivity index (χ1v) is 8.21. The van der Waals surface area contributed by atoms with Crippen LogP contribution in [0.25, 0.3) is 0 Å². The van der Waals surface area contributed by atoms with Gasteiger partial charge in [-0.15, -0.1) is 0 Å². The molecule has 0 atom stereocenters. The maximum atomic E-state index is 13.0. The minimum atomic E-state index is -0.308. The lowest BCUT2D eigenvalue weighted by Gasteiger charge is -2.12. The Labute approximate surface area is 147 Å². The quantitative estimate of drug-likeness (QED) is 0.392. The second-order valence-electron chi connectivity index (χ2n) is 5.22. The summed E-state index contributed by atoms with van der Waals surface area (Å²) in [6.07, 6.45) is 2.48. The van der Waals surface area contributed by atoms with Crippen molar-refractivity contribution in [2.24, 2.45) is 4.99 Å². The number of nitrogens with zero attached hydrogens (tertiary/aromatic N) is 1. The number of hydrogen-bond donors (Lipinski definition) is 2. The van der Waals surface area contributed by atoms with Gasteiger partial charge in [-0.2, -0.15) is 0 Å². The van der Waals surface area contributed by atoms with Gasteiger partial charge in [-0.05, 0) is 30.7 Å². The number of benzene rings is 1. The van der Waals surface area contributed by atoms with Crippen LogP contribution >= 0.6 is 0 Å². The molecule has 1 heterocycles. The predicted octanol–water partition coefficient (Wildman–Crippen LogP) is 2.57. The van der Waals surface area contributed by atoms with Gasteiger partial charge in [0.05, 0.1) is 12.8 Å². The fourth-order valence-corrected chi connectivity index (χ4v) is 2.06. The van der Waals surface area contributed by atoms with Gasteiger partial charge >= 0.3 is 0 Å². The molecular weight excluding hydrogens is 325 g/mol. The van der Waals surface area contributed by atoms with Crippen molar-refractivity contribution < 1.29 is 18.3 Å². The van der Waals surface area contributed by atoms with Crippen molar-refractivity contribution >= 4 is 5.96 Å². The first-order chi connectivity index (χ1) is 12.3. The van der Waals surface area contributed by atoms with Crippen LogP contribution in [-0.2, 0) is 11.3 Å². The number of guanidine groups is 1. The molecule has 0 saturated heterocycles. The molecule has 1 aromatic carbocycles. The molecule has 0 unspecified atom stereocenters. The molecule has 7 heteroatoms. The predicted molar refractivity (Wildman–Crippen MR) is 94.2 cm³/mol. The maximum Gasteiger partial charge on any atom is 0.191 e. The van der Waals surface area contributed by atoms with Crippen LogP contribution < -0.4 is 15.4 Å². The molecule has 6 nitrogen and oxygen atoms in total. The zero-order chi connectivity index (χ0) is 17.7. The number of hydrogen-bond acceptors (Lipinski definition) is 4. The van der Waals surface area contributed by atoms with Crippen LogP contribution in [0.5, 0.6) is 5.75 Å². The topological polar surface area (TPSA) is 68.0 Å². The molecule has 1 aromatic heterocycles. The zero-order valence-corrected chi connectivity index (χ0v) is 14.3. The van der Waals surface area contributed by atoms with Gasteiger partial charge in [-0.25, -0.2) is 4.39 Å². The molecule has 2 rings (SSSR count). The van der Waals surface area contributed by atoms with Crippen molar-refractivity contribution in [1.29, 1.82) is 0 Å². The largest absolute Gasteiger partial charge is 0.492 e. The standard InChI is InChI=1S/C18H24FN3O3/c1-20-18(21-8-4-10-23-14-17-7-3-11-24-17)22-9-12-25-16-6-2-5-15(19)13-16/h2-3,5-7,11,13H,4,8-10,12,14H2,1H3,(H2,20,21,22). The van der Waals surface area contributed by atoms with Gasteiger partial charge in [0.25, 0.3) is 0 Å². The molecule has 0 radical (unpaired) electrons. The van der Waals surface area contributed by atoms with Crippen LogP contribution in [0.3, 0.4) is 0 Å². The highest BCUT2D eigenvalue weighted by Gasteiger charge is 1.99. The summed E-state index contributed by atoms with van der Waals surface area (Å²) in [5, 5.41) is 6.32. The minimum absolute atomic E-state index is 0.308. The van der Waals surface area contributed by atoms with Gasteiger partial charge < -0.3 is 24.5 Å². The molecule has 0 amide bonds. The molecule has 0 aliphatic rings. The highest BCUT2D eigenvalue weighted by atomic mass is 19.1. The zero-order valence-electron chi connectivity index (χ0n) is 14.3. The van der Waals surface area contributed by atoms with E-state index in [1.54, 1.807) is 25.4 Å². The monoisotopic (exact) mass is 349 g/mol. The Hall–Kier alpha value is -2.54. The van der Waals surface area contributed by atoms with E-state index in [1.807, 2.05) is 12.1 Å². The summed E-state index contributed by atoms with van der Waals surface area (Å²) >= 11 is 0. The Balaban J connectivity index is 1.50. The Morgan fingerprint density at radius 3 is 2.80 bits per heavy atom. The van der Waals surface area contributed by atoms with E-state index in [0.29, 0.717) is 38.1 Å². The molecule has 25 heavy (non-hydrogen) atoms. The average Bonchev–Trinajstić information content (AvgIpc) is 3.13. The van der Waals surface area contributed by atoms with Crippen LogP contribution in [-0.4, -0.2) is 39.3 Å². The van der Waals surface area contributed by atoms with Gasteiger partial charge in [0.15, 0.2) is 5.96 Å². The van der Waals surface area contributed by atoms with Gasteiger partial charge in [0.2, 0.25) is 0 Å². The van der Waals surface area contributed by atoms with E-state index in [2.05, 4.69) is 15.6 Å². The number of rotatable bonds is 10. The summed E-state index contributed by atoms with van der Waals surface area (Å²) < 4.78 is 29.2. The van der Waals surface area contributed by atoms with E-state index in [9.17, 15) is 4.39 Å². The third-order valence-electron chi connectivity index (χ3n) is 3.27. The minimum Gasteiger partial charge on any atom is -0.492 e. The van der Waals surface area contributed by atoms with Crippen molar-refractivity contribution in [3.63, 3.8) is 0 Å².